The van der Waals surface area contributed by atoms with Gasteiger partial charge in [0, 0.05) is 0 Å². The Morgan fingerprint density at radius 3 is 1.15 bits per heavy atom. The molecular weight excluding hydrogens is 160 g/mol. The van der Waals surface area contributed by atoms with E-state index in [-0.39, 0.29) is 0 Å². The molecule has 78 valence electrons. The number of hydrogen-bond acceptors (Lipinski definition) is 1. The van der Waals surface area contributed by atoms with Gasteiger partial charge in [-0.3, -0.25) is 0 Å². The fourth-order valence-electron chi connectivity index (χ4n) is 0.428. The molecule has 0 aliphatic rings. The summed E-state index contributed by atoms with van der Waals surface area (Å²) in [5.74, 6) is 0.322. The first-order valence-electron chi connectivity index (χ1n) is 5.13. The molecule has 1 heteroatoms. The summed E-state index contributed by atoms with van der Waals surface area (Å²) >= 11 is 0. The van der Waals surface area contributed by atoms with Crippen LogP contribution in [0, 0.1) is 0 Å². The van der Waals surface area contributed by atoms with Crippen LogP contribution in [-0.2, 0) is 0 Å². The van der Waals surface area contributed by atoms with E-state index in [0.29, 0.717) is 5.75 Å². The minimum Gasteiger partial charge on any atom is -0.508 e. The van der Waals surface area contributed by atoms with Crippen molar-refractivity contribution in [3.63, 3.8) is 0 Å². The number of phenols is 1. The molecule has 0 aromatic heterocycles. The van der Waals surface area contributed by atoms with Gasteiger partial charge in [-0.05, 0) is 12.1 Å². The predicted molar refractivity (Wildman–Crippen MR) is 62.2 cm³/mol. The molecule has 1 nitrogen and oxygen atoms in total. The van der Waals surface area contributed by atoms with Gasteiger partial charge in [0.1, 0.15) is 5.75 Å². The van der Waals surface area contributed by atoms with Crippen LogP contribution in [-0.4, -0.2) is 5.11 Å². The molecule has 0 heterocycles. The molecule has 0 saturated heterocycles. The Morgan fingerprint density at radius 1 is 0.692 bits per heavy atom. The summed E-state index contributed by atoms with van der Waals surface area (Å²) in [6, 6.07) is 8.71. The maximum atomic E-state index is 8.63. The molecule has 0 unspecified atom stereocenters. The van der Waals surface area contributed by atoms with Crippen molar-refractivity contribution >= 4 is 0 Å². The first-order chi connectivity index (χ1) is 6.39. The normalized spacial score (nSPS) is 6.00. The molecule has 0 bridgehead atoms. The minimum atomic E-state index is 0.322. The standard InChI is InChI=1S/C6H6O.3C2H6/c7-6-4-2-1-3-5-6;3*1-2/h1-5,7H;3*1-2H3. The molecule has 0 spiro atoms. The number of phenolic OH excluding ortho intramolecular Hbond substituents is 1. The molecule has 1 aromatic rings. The topological polar surface area (TPSA) is 20.2 Å². The number of rotatable bonds is 0. The van der Waals surface area contributed by atoms with Gasteiger partial charge in [-0.25, -0.2) is 0 Å². The summed E-state index contributed by atoms with van der Waals surface area (Å²) in [6.07, 6.45) is 0. The first kappa shape index (κ1) is 17.9. The molecule has 0 fully saturated rings. The fraction of sp³-hybridized carbons (Fsp3) is 0.500. The van der Waals surface area contributed by atoms with Gasteiger partial charge < -0.3 is 5.11 Å². The van der Waals surface area contributed by atoms with Crippen LogP contribution in [0.25, 0.3) is 0 Å². The average Bonchev–Trinajstić information content (AvgIpc) is 2.28. The second-order valence-electron chi connectivity index (χ2n) is 1.34. The molecule has 1 aromatic carbocycles. The highest BCUT2D eigenvalue weighted by Gasteiger charge is 1.74. The van der Waals surface area contributed by atoms with E-state index >= 15 is 0 Å². The summed E-state index contributed by atoms with van der Waals surface area (Å²) in [7, 11) is 0. The van der Waals surface area contributed by atoms with Gasteiger partial charge >= 0.3 is 0 Å². The van der Waals surface area contributed by atoms with Crippen LogP contribution in [0.4, 0.5) is 0 Å². The predicted octanol–water partition coefficient (Wildman–Crippen LogP) is 4.47. The Morgan fingerprint density at radius 2 is 1.00 bits per heavy atom. The lowest BCUT2D eigenvalue weighted by molar-refractivity contribution is 0.475. The van der Waals surface area contributed by atoms with E-state index in [1.54, 1.807) is 24.3 Å². The summed E-state index contributed by atoms with van der Waals surface area (Å²) in [6.45, 7) is 12.0. The van der Waals surface area contributed by atoms with Gasteiger partial charge in [0.25, 0.3) is 0 Å². The van der Waals surface area contributed by atoms with Crippen molar-refractivity contribution in [1.29, 1.82) is 0 Å². The van der Waals surface area contributed by atoms with Crippen LogP contribution in [0.5, 0.6) is 5.75 Å². The quantitative estimate of drug-likeness (QED) is 0.630. The molecule has 0 atom stereocenters. The molecule has 0 aliphatic heterocycles. The largest absolute Gasteiger partial charge is 0.508 e. The maximum Gasteiger partial charge on any atom is 0.115 e. The van der Waals surface area contributed by atoms with Crippen molar-refractivity contribution in [2.45, 2.75) is 41.5 Å². The number of aromatic hydroxyl groups is 1. The number of hydrogen-bond donors (Lipinski definition) is 1. The van der Waals surface area contributed by atoms with E-state index in [1.165, 1.54) is 0 Å². The maximum absolute atomic E-state index is 8.63. The number of para-hydroxylation sites is 1. The Labute approximate surface area is 83.4 Å². The van der Waals surface area contributed by atoms with E-state index in [2.05, 4.69) is 0 Å². The van der Waals surface area contributed by atoms with Crippen LogP contribution in [0.3, 0.4) is 0 Å². The third-order valence-corrected chi connectivity index (χ3v) is 0.756. The Hall–Kier alpha value is -0.980. The van der Waals surface area contributed by atoms with Crippen LogP contribution in [0.2, 0.25) is 0 Å². The molecule has 1 N–H and O–H groups in total. The zero-order valence-electron chi connectivity index (χ0n) is 9.83. The van der Waals surface area contributed by atoms with E-state index in [9.17, 15) is 0 Å². The van der Waals surface area contributed by atoms with Crippen molar-refractivity contribution in [3.05, 3.63) is 30.3 Å². The van der Waals surface area contributed by atoms with Gasteiger partial charge in [-0.2, -0.15) is 0 Å². The lowest BCUT2D eigenvalue weighted by atomic mass is 10.3. The van der Waals surface area contributed by atoms with Gasteiger partial charge in [-0.1, -0.05) is 59.7 Å². The Kier molecular flexibility index (Phi) is 31.0. The van der Waals surface area contributed by atoms with Crippen molar-refractivity contribution < 1.29 is 5.11 Å². The SMILES string of the molecule is CC.CC.CC.Oc1ccccc1. The first-order valence-corrected chi connectivity index (χ1v) is 5.13. The lowest BCUT2D eigenvalue weighted by Gasteiger charge is -1.82. The third-order valence-electron chi connectivity index (χ3n) is 0.756. The van der Waals surface area contributed by atoms with Crippen LogP contribution in [0.15, 0.2) is 30.3 Å². The van der Waals surface area contributed by atoms with E-state index in [0.717, 1.165) is 0 Å². The van der Waals surface area contributed by atoms with E-state index in [1.807, 2.05) is 47.6 Å². The van der Waals surface area contributed by atoms with Crippen LogP contribution >= 0.6 is 0 Å². The molecule has 0 saturated carbocycles. The summed E-state index contributed by atoms with van der Waals surface area (Å²) in [4.78, 5) is 0. The van der Waals surface area contributed by atoms with Gasteiger partial charge in [-0.15, -0.1) is 0 Å². The highest BCUT2D eigenvalue weighted by molar-refractivity contribution is 5.18. The smallest absolute Gasteiger partial charge is 0.115 e. The van der Waals surface area contributed by atoms with Crippen molar-refractivity contribution in [2.24, 2.45) is 0 Å². The summed E-state index contributed by atoms with van der Waals surface area (Å²) in [5.41, 5.74) is 0. The average molecular weight is 184 g/mol. The highest BCUT2D eigenvalue weighted by atomic mass is 16.3. The summed E-state index contributed by atoms with van der Waals surface area (Å²) in [5, 5.41) is 8.63. The monoisotopic (exact) mass is 184 g/mol. The van der Waals surface area contributed by atoms with Crippen molar-refractivity contribution in [2.75, 3.05) is 0 Å². The van der Waals surface area contributed by atoms with Gasteiger partial charge in [0.15, 0.2) is 0 Å². The molecule has 0 amide bonds. The van der Waals surface area contributed by atoms with Gasteiger partial charge in [0.2, 0.25) is 0 Å². The molecule has 0 aliphatic carbocycles. The summed E-state index contributed by atoms with van der Waals surface area (Å²) < 4.78 is 0. The highest BCUT2D eigenvalue weighted by Crippen LogP contribution is 2.02. The van der Waals surface area contributed by atoms with E-state index in [4.69, 9.17) is 5.11 Å². The molecule has 1 rings (SSSR count). The van der Waals surface area contributed by atoms with Crippen LogP contribution < -0.4 is 0 Å². The zero-order valence-corrected chi connectivity index (χ0v) is 9.83. The molecular formula is C12H24O. The zero-order chi connectivity index (χ0) is 11.1. The lowest BCUT2D eigenvalue weighted by Crippen LogP contribution is -1.56. The minimum absolute atomic E-state index is 0.322. The van der Waals surface area contributed by atoms with E-state index < -0.39 is 0 Å². The number of benzene rings is 1. The molecule has 0 radical (unpaired) electrons. The van der Waals surface area contributed by atoms with Gasteiger partial charge in [0.05, 0.1) is 0 Å². The van der Waals surface area contributed by atoms with Crippen LogP contribution in [0.1, 0.15) is 41.5 Å². The Balaban J connectivity index is -0.000000144. The van der Waals surface area contributed by atoms with Crippen molar-refractivity contribution in [1.82, 2.24) is 0 Å². The fourth-order valence-corrected chi connectivity index (χ4v) is 0.428. The second kappa shape index (κ2) is 22.5. The second-order valence-corrected chi connectivity index (χ2v) is 1.34. The molecule has 13 heavy (non-hydrogen) atoms. The van der Waals surface area contributed by atoms with Crippen molar-refractivity contribution in [3.8, 4) is 5.75 Å². The third kappa shape index (κ3) is 18.2. The Bertz CT molecular complexity index is 135.